The molecule has 2 aromatic rings. The van der Waals surface area contributed by atoms with Crippen LogP contribution in [-0.2, 0) is 9.53 Å². The fourth-order valence-corrected chi connectivity index (χ4v) is 2.85. The lowest BCUT2D eigenvalue weighted by Gasteiger charge is -2.13. The highest BCUT2D eigenvalue weighted by molar-refractivity contribution is 6.32. The van der Waals surface area contributed by atoms with Gasteiger partial charge in [-0.15, -0.1) is 0 Å². The van der Waals surface area contributed by atoms with Gasteiger partial charge >= 0.3 is 5.97 Å². The number of ether oxygens (including phenoxy) is 3. The Morgan fingerprint density at radius 3 is 2.50 bits per heavy atom. The second-order valence-electron chi connectivity index (χ2n) is 6.49. The Balaban J connectivity index is 2.21. The van der Waals surface area contributed by atoms with Crippen LogP contribution in [0.2, 0.25) is 5.02 Å². The van der Waals surface area contributed by atoms with E-state index >= 15 is 0 Å². The van der Waals surface area contributed by atoms with Gasteiger partial charge in [-0.2, -0.15) is 5.26 Å². The molecule has 0 saturated carbocycles. The number of nitrogens with zero attached hydrogens (tertiary/aromatic N) is 1. The molecule has 0 unspecified atom stereocenters. The van der Waals surface area contributed by atoms with Gasteiger partial charge in [0.05, 0.1) is 42.8 Å². The quantitative estimate of drug-likeness (QED) is 0.229. The Hall–Kier alpha value is -3.70. The van der Waals surface area contributed by atoms with Crippen molar-refractivity contribution in [3.63, 3.8) is 0 Å². The number of benzene rings is 2. The molecule has 2 N–H and O–H groups in total. The van der Waals surface area contributed by atoms with E-state index in [9.17, 15) is 14.9 Å². The number of unbranched alkanes of at least 4 members (excludes halogenated alkanes) is 1. The molecule has 2 aromatic carbocycles. The first-order valence-electron chi connectivity index (χ1n) is 9.80. The van der Waals surface area contributed by atoms with Crippen LogP contribution in [0.15, 0.2) is 48.2 Å². The largest absolute Gasteiger partial charge is 0.495 e. The van der Waals surface area contributed by atoms with Crippen LogP contribution in [0, 0.1) is 11.3 Å². The number of carbonyl (C=O) groups is 2. The van der Waals surface area contributed by atoms with Gasteiger partial charge in [0.25, 0.3) is 5.91 Å². The maximum absolute atomic E-state index is 12.7. The predicted molar refractivity (Wildman–Crippen MR) is 122 cm³/mol. The first-order chi connectivity index (χ1) is 15.4. The van der Waals surface area contributed by atoms with E-state index in [0.717, 1.165) is 12.8 Å². The van der Waals surface area contributed by atoms with Gasteiger partial charge in [0, 0.05) is 18.3 Å². The lowest BCUT2D eigenvalue weighted by Crippen LogP contribution is -2.18. The van der Waals surface area contributed by atoms with Crippen molar-refractivity contribution in [1.82, 2.24) is 0 Å². The average Bonchev–Trinajstić information content (AvgIpc) is 2.80. The summed E-state index contributed by atoms with van der Waals surface area (Å²) in [6.07, 6.45) is 2.86. The molecule has 0 aromatic heterocycles. The third-order valence-corrected chi connectivity index (χ3v) is 4.63. The molecule has 0 saturated heterocycles. The molecule has 9 heteroatoms. The van der Waals surface area contributed by atoms with E-state index in [4.69, 9.17) is 25.8 Å². The number of hydrogen-bond donors (Lipinski definition) is 2. The highest BCUT2D eigenvalue weighted by Crippen LogP contribution is 2.36. The Bertz CT molecular complexity index is 1050. The fraction of sp³-hybridized carbons (Fsp3) is 0.261. The minimum atomic E-state index is -0.700. The molecule has 0 aliphatic heterocycles. The van der Waals surface area contributed by atoms with Gasteiger partial charge in [-0.1, -0.05) is 37.1 Å². The van der Waals surface area contributed by atoms with Crippen LogP contribution in [0.4, 0.5) is 11.4 Å². The number of anilines is 2. The lowest BCUT2D eigenvalue weighted by atomic mass is 10.1. The number of para-hydroxylation sites is 1. The van der Waals surface area contributed by atoms with Gasteiger partial charge in [0.15, 0.2) is 0 Å². The number of amides is 1. The third-order valence-electron chi connectivity index (χ3n) is 4.34. The topological polar surface area (TPSA) is 110 Å². The summed E-state index contributed by atoms with van der Waals surface area (Å²) in [7, 11) is 2.92. The fourth-order valence-electron chi connectivity index (χ4n) is 2.62. The third kappa shape index (κ3) is 6.40. The molecule has 8 nitrogen and oxygen atoms in total. The van der Waals surface area contributed by atoms with Gasteiger partial charge in [-0.05, 0) is 18.6 Å². The van der Waals surface area contributed by atoms with Crippen molar-refractivity contribution in [2.75, 3.05) is 31.5 Å². The van der Waals surface area contributed by atoms with Crippen molar-refractivity contribution in [3.8, 4) is 17.6 Å². The van der Waals surface area contributed by atoms with Gasteiger partial charge in [-0.25, -0.2) is 4.79 Å². The lowest BCUT2D eigenvalue weighted by molar-refractivity contribution is -0.112. The molecule has 0 heterocycles. The number of nitrogens with one attached hydrogen (secondary N) is 2. The van der Waals surface area contributed by atoms with Crippen LogP contribution in [0.25, 0.3) is 0 Å². The second-order valence-corrected chi connectivity index (χ2v) is 6.90. The number of hydrogen-bond acceptors (Lipinski definition) is 7. The number of rotatable bonds is 10. The van der Waals surface area contributed by atoms with E-state index in [1.165, 1.54) is 20.4 Å². The molecular weight excluding hydrogens is 434 g/mol. The van der Waals surface area contributed by atoms with Crippen molar-refractivity contribution in [2.24, 2.45) is 0 Å². The van der Waals surface area contributed by atoms with E-state index in [1.807, 2.05) is 13.0 Å². The van der Waals surface area contributed by atoms with Gasteiger partial charge < -0.3 is 24.8 Å². The molecule has 0 spiro atoms. The van der Waals surface area contributed by atoms with Crippen molar-refractivity contribution < 1.29 is 23.8 Å². The molecule has 0 fully saturated rings. The highest BCUT2D eigenvalue weighted by atomic mass is 35.5. The monoisotopic (exact) mass is 457 g/mol. The van der Waals surface area contributed by atoms with E-state index in [2.05, 4.69) is 10.6 Å². The second kappa shape index (κ2) is 12.2. The molecule has 0 aliphatic carbocycles. The molecule has 0 atom stereocenters. The molecule has 0 aliphatic rings. The summed E-state index contributed by atoms with van der Waals surface area (Å²) in [5.74, 6) is -0.464. The van der Waals surface area contributed by atoms with Crippen LogP contribution in [0.1, 0.15) is 30.1 Å². The van der Waals surface area contributed by atoms with Crippen LogP contribution in [0.3, 0.4) is 0 Å². The first-order valence-corrected chi connectivity index (χ1v) is 10.2. The molecule has 2 rings (SSSR count). The summed E-state index contributed by atoms with van der Waals surface area (Å²) in [5.41, 5.74) is 0.654. The summed E-state index contributed by atoms with van der Waals surface area (Å²) < 4.78 is 15.7. The number of nitriles is 1. The maximum Gasteiger partial charge on any atom is 0.340 e. The molecule has 32 heavy (non-hydrogen) atoms. The maximum atomic E-state index is 12.7. The molecule has 0 bridgehead atoms. The molecular formula is C23H24ClN3O5. The van der Waals surface area contributed by atoms with E-state index in [-0.39, 0.29) is 23.4 Å². The normalized spacial score (nSPS) is 10.7. The number of carbonyl (C=O) groups excluding carboxylic acids is 2. The zero-order valence-electron chi connectivity index (χ0n) is 18.0. The summed E-state index contributed by atoms with van der Waals surface area (Å²) in [6, 6.07) is 11.4. The standard InChI is InChI=1S/C23H24ClN3O5/c1-4-5-10-32-23(29)16-8-6-7-9-18(16)27-22(28)15(13-25)14-26-19-12-20(30-2)17(24)11-21(19)31-3/h6-9,11-12,14,26H,4-5,10H2,1-3H3,(H,27,28)/b15-14-. The Morgan fingerprint density at radius 2 is 1.84 bits per heavy atom. The number of esters is 1. The van der Waals surface area contributed by atoms with Crippen molar-refractivity contribution in [3.05, 3.63) is 58.8 Å². The number of halogens is 1. The summed E-state index contributed by atoms with van der Waals surface area (Å²) >= 11 is 6.09. The Labute approximate surface area is 191 Å². The smallest absolute Gasteiger partial charge is 0.340 e. The van der Waals surface area contributed by atoms with E-state index in [1.54, 1.807) is 36.4 Å². The summed E-state index contributed by atoms with van der Waals surface area (Å²) in [5, 5.41) is 15.2. The average molecular weight is 458 g/mol. The molecule has 0 radical (unpaired) electrons. The van der Waals surface area contributed by atoms with E-state index in [0.29, 0.717) is 22.2 Å². The van der Waals surface area contributed by atoms with Gasteiger partial charge in [-0.3, -0.25) is 4.79 Å². The zero-order chi connectivity index (χ0) is 23.5. The molecule has 1 amide bonds. The van der Waals surface area contributed by atoms with Crippen molar-refractivity contribution in [2.45, 2.75) is 19.8 Å². The summed E-state index contributed by atoms with van der Waals surface area (Å²) in [6.45, 7) is 2.28. The van der Waals surface area contributed by atoms with Crippen LogP contribution < -0.4 is 20.1 Å². The Morgan fingerprint density at radius 1 is 1.12 bits per heavy atom. The van der Waals surface area contributed by atoms with Gasteiger partial charge in [0.2, 0.25) is 0 Å². The predicted octanol–water partition coefficient (Wildman–Crippen LogP) is 4.77. The summed E-state index contributed by atoms with van der Waals surface area (Å²) in [4.78, 5) is 25.0. The van der Waals surface area contributed by atoms with Crippen molar-refractivity contribution >= 4 is 34.9 Å². The van der Waals surface area contributed by atoms with E-state index < -0.39 is 11.9 Å². The highest BCUT2D eigenvalue weighted by Gasteiger charge is 2.17. The van der Waals surface area contributed by atoms with Gasteiger partial charge in [0.1, 0.15) is 23.1 Å². The minimum Gasteiger partial charge on any atom is -0.495 e. The first kappa shape index (κ1) is 24.6. The number of methoxy groups -OCH3 is 2. The van der Waals surface area contributed by atoms with Crippen LogP contribution in [-0.4, -0.2) is 32.7 Å². The van der Waals surface area contributed by atoms with Crippen molar-refractivity contribution in [1.29, 1.82) is 5.26 Å². The minimum absolute atomic E-state index is 0.200. The molecule has 168 valence electrons. The SMILES string of the molecule is CCCCOC(=O)c1ccccc1NC(=O)/C(C#N)=C\Nc1cc(OC)c(Cl)cc1OC. The van der Waals surface area contributed by atoms with Crippen LogP contribution >= 0.6 is 11.6 Å². The Kier molecular flexibility index (Phi) is 9.39. The zero-order valence-corrected chi connectivity index (χ0v) is 18.8. The van der Waals surface area contributed by atoms with Crippen LogP contribution in [0.5, 0.6) is 11.5 Å².